The summed E-state index contributed by atoms with van der Waals surface area (Å²) >= 11 is 3.12. The predicted molar refractivity (Wildman–Crippen MR) is 105 cm³/mol. The minimum atomic E-state index is -0.923. The van der Waals surface area contributed by atoms with Gasteiger partial charge in [0.15, 0.2) is 0 Å². The number of amides is 4. The van der Waals surface area contributed by atoms with Gasteiger partial charge in [-0.05, 0) is 43.2 Å². The Morgan fingerprint density at radius 1 is 1.37 bits per heavy atom. The van der Waals surface area contributed by atoms with E-state index in [2.05, 4.69) is 21.0 Å². The zero-order valence-electron chi connectivity index (χ0n) is 15.4. The first kappa shape index (κ1) is 19.5. The van der Waals surface area contributed by atoms with E-state index in [4.69, 9.17) is 0 Å². The maximum absolute atomic E-state index is 12.5. The lowest BCUT2D eigenvalue weighted by molar-refractivity contribution is -0.130. The van der Waals surface area contributed by atoms with E-state index in [9.17, 15) is 14.4 Å². The molecule has 4 amide bonds. The van der Waals surface area contributed by atoms with Gasteiger partial charge in [0, 0.05) is 30.5 Å². The Labute approximate surface area is 165 Å². The third-order valence-corrected chi connectivity index (χ3v) is 6.11. The van der Waals surface area contributed by atoms with E-state index in [-0.39, 0.29) is 30.8 Å². The van der Waals surface area contributed by atoms with Crippen molar-refractivity contribution in [1.29, 1.82) is 0 Å². The first-order valence-electron chi connectivity index (χ1n) is 8.63. The van der Waals surface area contributed by atoms with E-state index in [0.29, 0.717) is 6.42 Å². The van der Waals surface area contributed by atoms with Gasteiger partial charge in [0.25, 0.3) is 5.91 Å². The maximum Gasteiger partial charge on any atom is 0.325 e. The van der Waals surface area contributed by atoms with Crippen molar-refractivity contribution in [3.8, 4) is 0 Å². The second-order valence-electron chi connectivity index (χ2n) is 7.04. The van der Waals surface area contributed by atoms with Crippen molar-refractivity contribution in [2.24, 2.45) is 0 Å². The molecule has 1 unspecified atom stereocenters. The van der Waals surface area contributed by atoms with Crippen LogP contribution in [0.15, 0.2) is 22.2 Å². The normalized spacial score (nSPS) is 17.1. The molecular formula is C18H22N4O3S2. The van der Waals surface area contributed by atoms with Gasteiger partial charge in [0.1, 0.15) is 10.5 Å². The van der Waals surface area contributed by atoms with Gasteiger partial charge in [0.2, 0.25) is 5.91 Å². The summed E-state index contributed by atoms with van der Waals surface area (Å²) in [5, 5.41) is 12.5. The molecule has 1 fully saturated rings. The Kier molecular flexibility index (Phi) is 5.61. The average molecular weight is 407 g/mol. The van der Waals surface area contributed by atoms with Crippen molar-refractivity contribution in [1.82, 2.24) is 20.5 Å². The van der Waals surface area contributed by atoms with Crippen LogP contribution in [0.5, 0.6) is 0 Å². The van der Waals surface area contributed by atoms with Crippen molar-refractivity contribution in [3.63, 3.8) is 0 Å². The molecule has 2 N–H and O–H groups in total. The minimum Gasteiger partial charge on any atom is -0.346 e. The molecule has 1 aliphatic heterocycles. The molecule has 0 aliphatic carbocycles. The van der Waals surface area contributed by atoms with Crippen LogP contribution in [0.1, 0.15) is 42.6 Å². The van der Waals surface area contributed by atoms with Crippen LogP contribution in [-0.2, 0) is 16.0 Å². The summed E-state index contributed by atoms with van der Waals surface area (Å²) in [6.45, 7) is 5.27. The van der Waals surface area contributed by atoms with Gasteiger partial charge < -0.3 is 10.6 Å². The third-order valence-electron chi connectivity index (χ3n) is 4.30. The Hall–Kier alpha value is -2.26. The number of hydrogen-bond acceptors (Lipinski definition) is 6. The molecule has 0 radical (unpaired) electrons. The van der Waals surface area contributed by atoms with Crippen LogP contribution >= 0.6 is 22.7 Å². The maximum atomic E-state index is 12.5. The summed E-state index contributed by atoms with van der Waals surface area (Å²) in [5.74, 6) is -0.529. The van der Waals surface area contributed by atoms with Crippen molar-refractivity contribution in [3.05, 3.63) is 38.5 Å². The molecule has 3 heterocycles. The number of hydrogen-bond donors (Lipinski definition) is 2. The Morgan fingerprint density at radius 3 is 2.70 bits per heavy atom. The Morgan fingerprint density at radius 2 is 2.15 bits per heavy atom. The first-order valence-corrected chi connectivity index (χ1v) is 10.4. The summed E-state index contributed by atoms with van der Waals surface area (Å²) in [6, 6.07) is 1.34. The van der Waals surface area contributed by atoms with Crippen molar-refractivity contribution >= 4 is 40.5 Å². The van der Waals surface area contributed by atoms with Crippen LogP contribution < -0.4 is 10.6 Å². The molecule has 9 heteroatoms. The number of thiazole rings is 1. The highest BCUT2D eigenvalue weighted by atomic mass is 32.1. The lowest BCUT2D eigenvalue weighted by Gasteiger charge is -2.18. The van der Waals surface area contributed by atoms with E-state index < -0.39 is 11.6 Å². The number of imide groups is 1. The zero-order chi connectivity index (χ0) is 19.6. The molecule has 1 saturated heterocycles. The molecule has 3 rings (SSSR count). The van der Waals surface area contributed by atoms with Crippen molar-refractivity contribution in [2.45, 2.75) is 45.2 Å². The van der Waals surface area contributed by atoms with E-state index >= 15 is 0 Å². The quantitative estimate of drug-likeness (QED) is 0.692. The van der Waals surface area contributed by atoms with Gasteiger partial charge in [-0.15, -0.1) is 11.3 Å². The van der Waals surface area contributed by atoms with Crippen LogP contribution in [-0.4, -0.2) is 39.8 Å². The van der Waals surface area contributed by atoms with Gasteiger partial charge in [0.05, 0.1) is 6.04 Å². The van der Waals surface area contributed by atoms with Gasteiger partial charge in [-0.3, -0.25) is 14.5 Å². The predicted octanol–water partition coefficient (Wildman–Crippen LogP) is 2.63. The second kappa shape index (κ2) is 7.77. The summed E-state index contributed by atoms with van der Waals surface area (Å²) in [7, 11) is 0. The van der Waals surface area contributed by atoms with E-state index in [1.54, 1.807) is 25.2 Å². The summed E-state index contributed by atoms with van der Waals surface area (Å²) in [4.78, 5) is 42.2. The van der Waals surface area contributed by atoms with Crippen molar-refractivity contribution < 1.29 is 14.4 Å². The lowest BCUT2D eigenvalue weighted by atomic mass is 10.1. The SMILES string of the molecule is Cc1csc(C(Cc2ccsc2)NC(=O)CCN2C(=O)NC(C)(C)C2=O)n1. The highest BCUT2D eigenvalue weighted by molar-refractivity contribution is 7.09. The van der Waals surface area contributed by atoms with Gasteiger partial charge >= 0.3 is 6.03 Å². The molecule has 0 spiro atoms. The molecule has 27 heavy (non-hydrogen) atoms. The number of carbonyl (C=O) groups is 3. The summed E-state index contributed by atoms with van der Waals surface area (Å²) < 4.78 is 0. The molecule has 7 nitrogen and oxygen atoms in total. The first-order chi connectivity index (χ1) is 12.8. The summed E-state index contributed by atoms with van der Waals surface area (Å²) in [5.41, 5.74) is 1.13. The van der Waals surface area contributed by atoms with Gasteiger partial charge in [-0.1, -0.05) is 0 Å². The fourth-order valence-electron chi connectivity index (χ4n) is 2.88. The van der Waals surface area contributed by atoms with Crippen LogP contribution in [0.4, 0.5) is 4.79 Å². The molecule has 2 aromatic heterocycles. The second-order valence-corrected chi connectivity index (χ2v) is 8.71. The fourth-order valence-corrected chi connectivity index (χ4v) is 4.41. The number of nitrogens with one attached hydrogen (secondary N) is 2. The number of aromatic nitrogens is 1. The van der Waals surface area contributed by atoms with Gasteiger partial charge in [-0.2, -0.15) is 11.3 Å². The number of thiophene rings is 1. The highest BCUT2D eigenvalue weighted by Gasteiger charge is 2.44. The lowest BCUT2D eigenvalue weighted by Crippen LogP contribution is -2.41. The van der Waals surface area contributed by atoms with Crippen LogP contribution in [0.25, 0.3) is 0 Å². The van der Waals surface area contributed by atoms with Crippen LogP contribution in [0.3, 0.4) is 0 Å². The molecule has 144 valence electrons. The molecular weight excluding hydrogens is 384 g/mol. The molecule has 2 aromatic rings. The number of rotatable bonds is 7. The minimum absolute atomic E-state index is 0.0553. The number of urea groups is 1. The Bertz CT molecular complexity index is 845. The van der Waals surface area contributed by atoms with Crippen LogP contribution in [0.2, 0.25) is 0 Å². The van der Waals surface area contributed by atoms with Gasteiger partial charge in [-0.25, -0.2) is 9.78 Å². The third kappa shape index (κ3) is 4.54. The highest BCUT2D eigenvalue weighted by Crippen LogP contribution is 2.23. The largest absolute Gasteiger partial charge is 0.346 e. The van der Waals surface area contributed by atoms with Crippen LogP contribution in [0, 0.1) is 6.92 Å². The smallest absolute Gasteiger partial charge is 0.325 e. The molecule has 1 atom stereocenters. The Balaban J connectivity index is 1.62. The summed E-state index contributed by atoms with van der Waals surface area (Å²) in [6.07, 6.45) is 0.706. The van der Waals surface area contributed by atoms with E-state index in [1.165, 1.54) is 11.3 Å². The number of carbonyl (C=O) groups excluding carboxylic acids is 3. The number of aryl methyl sites for hydroxylation is 1. The van der Waals surface area contributed by atoms with E-state index in [0.717, 1.165) is 21.2 Å². The molecule has 0 saturated carbocycles. The molecule has 1 aliphatic rings. The molecule has 0 bridgehead atoms. The topological polar surface area (TPSA) is 91.4 Å². The van der Waals surface area contributed by atoms with Crippen molar-refractivity contribution in [2.75, 3.05) is 6.54 Å². The average Bonchev–Trinajstić information content (AvgIpc) is 3.28. The fraction of sp³-hybridized carbons (Fsp3) is 0.444. The standard InChI is InChI=1S/C18H22N4O3S2/c1-11-9-27-15(19-11)13(8-12-5-7-26-10-12)20-14(23)4-6-22-16(24)18(2,3)21-17(22)25/h5,7,9-10,13H,4,6,8H2,1-3H3,(H,20,23)(H,21,25). The van der Waals surface area contributed by atoms with E-state index in [1.807, 2.05) is 23.8 Å². The zero-order valence-corrected chi connectivity index (χ0v) is 17.1. The monoisotopic (exact) mass is 406 g/mol. The number of nitrogens with zero attached hydrogens (tertiary/aromatic N) is 2. The molecule has 0 aromatic carbocycles.